The van der Waals surface area contributed by atoms with Crippen LogP contribution in [0.4, 0.5) is 11.4 Å². The molecule has 2 aromatic carbocycles. The summed E-state index contributed by atoms with van der Waals surface area (Å²) >= 11 is 5.83. The number of carbonyl (C=O) groups is 2. The lowest BCUT2D eigenvalue weighted by molar-refractivity contribution is -0.384. The average Bonchev–Trinajstić information content (AvgIpc) is 3.19. The van der Waals surface area contributed by atoms with Crippen molar-refractivity contribution in [2.75, 3.05) is 5.32 Å². The van der Waals surface area contributed by atoms with Gasteiger partial charge in [0.15, 0.2) is 5.69 Å². The normalized spacial score (nSPS) is 11.5. The molecule has 1 heterocycles. The molecule has 0 fully saturated rings. The molecule has 0 bridgehead atoms. The van der Waals surface area contributed by atoms with Crippen molar-refractivity contribution in [3.05, 3.63) is 75.6 Å². The molecule has 1 unspecified atom stereocenters. The van der Waals surface area contributed by atoms with Crippen molar-refractivity contribution in [3.63, 3.8) is 0 Å². The maximum Gasteiger partial charge on any atom is 0.356 e. The molecule has 2 N–H and O–H groups in total. The van der Waals surface area contributed by atoms with Crippen molar-refractivity contribution in [2.45, 2.75) is 13.0 Å². The molecule has 0 saturated heterocycles. The van der Waals surface area contributed by atoms with Gasteiger partial charge in [-0.15, -0.1) is 0 Å². The van der Waals surface area contributed by atoms with Gasteiger partial charge in [-0.1, -0.05) is 11.6 Å². The van der Waals surface area contributed by atoms with E-state index in [9.17, 15) is 19.7 Å². The van der Waals surface area contributed by atoms with Crippen LogP contribution in [0.25, 0.3) is 0 Å². The number of aromatic carboxylic acids is 1. The van der Waals surface area contributed by atoms with Crippen molar-refractivity contribution in [3.8, 4) is 11.5 Å². The van der Waals surface area contributed by atoms with Crippen LogP contribution in [-0.2, 0) is 4.79 Å². The Morgan fingerprint density at radius 3 is 2.50 bits per heavy atom. The van der Waals surface area contributed by atoms with Crippen molar-refractivity contribution < 1.29 is 24.4 Å². The Hall–Kier alpha value is -3.92. The lowest BCUT2D eigenvalue weighted by Gasteiger charge is -2.14. The van der Waals surface area contributed by atoms with Crippen LogP contribution in [0.1, 0.15) is 23.5 Å². The predicted octanol–water partition coefficient (Wildman–Crippen LogP) is 4.13. The van der Waals surface area contributed by atoms with E-state index in [2.05, 4.69) is 10.4 Å². The van der Waals surface area contributed by atoms with Gasteiger partial charge in [0.2, 0.25) is 5.91 Å². The van der Waals surface area contributed by atoms with Crippen molar-refractivity contribution in [1.29, 1.82) is 0 Å². The first-order chi connectivity index (χ1) is 14.2. The number of rotatable bonds is 7. The van der Waals surface area contributed by atoms with Gasteiger partial charge < -0.3 is 15.2 Å². The molecule has 30 heavy (non-hydrogen) atoms. The SMILES string of the molecule is CC(C(=O)Nc1cc(Oc2ccc(Cl)cc2)cc([N+](=O)[O-])c1)n1ccc(C(=O)O)n1. The summed E-state index contributed by atoms with van der Waals surface area (Å²) < 4.78 is 6.81. The zero-order valence-corrected chi connectivity index (χ0v) is 16.2. The van der Waals surface area contributed by atoms with Gasteiger partial charge in [-0.3, -0.25) is 19.6 Å². The lowest BCUT2D eigenvalue weighted by atomic mass is 10.2. The average molecular weight is 431 g/mol. The van der Waals surface area contributed by atoms with E-state index in [0.29, 0.717) is 10.8 Å². The predicted molar refractivity (Wildman–Crippen MR) is 107 cm³/mol. The number of nitrogens with zero attached hydrogens (tertiary/aromatic N) is 3. The summed E-state index contributed by atoms with van der Waals surface area (Å²) in [5.41, 5.74) is -0.351. The van der Waals surface area contributed by atoms with Gasteiger partial charge >= 0.3 is 5.97 Å². The number of ether oxygens (including phenoxy) is 1. The van der Waals surface area contributed by atoms with Crippen molar-refractivity contribution in [2.24, 2.45) is 0 Å². The number of carboxylic acids is 1. The second-order valence-electron chi connectivity index (χ2n) is 6.18. The third kappa shape index (κ3) is 4.92. The van der Waals surface area contributed by atoms with E-state index in [4.69, 9.17) is 21.4 Å². The Bertz CT molecular complexity index is 1110. The molecule has 0 aliphatic heterocycles. The van der Waals surface area contributed by atoms with Crippen LogP contribution in [-0.4, -0.2) is 31.7 Å². The van der Waals surface area contributed by atoms with E-state index < -0.39 is 22.8 Å². The van der Waals surface area contributed by atoms with E-state index in [0.717, 1.165) is 0 Å². The summed E-state index contributed by atoms with van der Waals surface area (Å²) in [6.45, 7) is 1.51. The lowest BCUT2D eigenvalue weighted by Crippen LogP contribution is -2.24. The summed E-state index contributed by atoms with van der Waals surface area (Å²) in [6.07, 6.45) is 1.36. The van der Waals surface area contributed by atoms with E-state index >= 15 is 0 Å². The smallest absolute Gasteiger partial charge is 0.356 e. The second kappa shape index (κ2) is 8.62. The number of hydrogen-bond acceptors (Lipinski definition) is 6. The van der Waals surface area contributed by atoms with Gasteiger partial charge in [0.1, 0.15) is 17.5 Å². The molecule has 0 aliphatic carbocycles. The Morgan fingerprint density at radius 2 is 1.90 bits per heavy atom. The number of anilines is 1. The van der Waals surface area contributed by atoms with Gasteiger partial charge in [-0.05, 0) is 37.3 Å². The second-order valence-corrected chi connectivity index (χ2v) is 6.62. The van der Waals surface area contributed by atoms with E-state index in [1.165, 1.54) is 42.1 Å². The largest absolute Gasteiger partial charge is 0.476 e. The molecule has 1 amide bonds. The third-order valence-electron chi connectivity index (χ3n) is 4.02. The van der Waals surface area contributed by atoms with Gasteiger partial charge in [0.25, 0.3) is 5.69 Å². The number of hydrogen-bond donors (Lipinski definition) is 2. The first-order valence-electron chi connectivity index (χ1n) is 8.55. The topological polar surface area (TPSA) is 137 Å². The fraction of sp³-hybridized carbons (Fsp3) is 0.105. The van der Waals surface area contributed by atoms with E-state index in [-0.39, 0.29) is 22.8 Å². The molecule has 0 radical (unpaired) electrons. The zero-order chi connectivity index (χ0) is 21.8. The highest BCUT2D eigenvalue weighted by Gasteiger charge is 2.20. The fourth-order valence-electron chi connectivity index (χ4n) is 2.49. The van der Waals surface area contributed by atoms with E-state index in [1.807, 2.05) is 0 Å². The van der Waals surface area contributed by atoms with Gasteiger partial charge in [0.05, 0.1) is 16.7 Å². The van der Waals surface area contributed by atoms with E-state index in [1.54, 1.807) is 24.3 Å². The summed E-state index contributed by atoms with van der Waals surface area (Å²) in [4.78, 5) is 34.1. The Labute approximate surface area is 174 Å². The number of aromatic nitrogens is 2. The highest BCUT2D eigenvalue weighted by Crippen LogP contribution is 2.30. The zero-order valence-electron chi connectivity index (χ0n) is 15.5. The minimum atomic E-state index is -1.22. The minimum absolute atomic E-state index is 0.135. The van der Waals surface area contributed by atoms with Crippen LogP contribution in [0, 0.1) is 10.1 Å². The molecular weight excluding hydrogens is 416 g/mol. The monoisotopic (exact) mass is 430 g/mol. The Morgan fingerprint density at radius 1 is 1.20 bits per heavy atom. The standard InChI is InChI=1S/C19H15ClN4O6/c1-11(23-7-6-17(22-23)19(26)27)18(25)21-13-8-14(24(28)29)10-16(9-13)30-15-4-2-12(20)3-5-15/h2-11H,1H3,(H,21,25)(H,26,27). The molecule has 154 valence electrons. The maximum absolute atomic E-state index is 12.5. The van der Waals surface area contributed by atoms with Gasteiger partial charge in [0, 0.05) is 23.4 Å². The third-order valence-corrected chi connectivity index (χ3v) is 4.27. The molecule has 0 saturated carbocycles. The highest BCUT2D eigenvalue weighted by atomic mass is 35.5. The van der Waals surface area contributed by atoms with Crippen LogP contribution in [0.3, 0.4) is 0 Å². The number of nitro groups is 1. The quantitative estimate of drug-likeness (QED) is 0.424. The molecule has 10 nitrogen and oxygen atoms in total. The van der Waals surface area contributed by atoms with Crippen molar-refractivity contribution in [1.82, 2.24) is 9.78 Å². The number of halogens is 1. The molecule has 1 aromatic heterocycles. The number of non-ortho nitro benzene ring substituents is 1. The highest BCUT2D eigenvalue weighted by molar-refractivity contribution is 6.30. The Kier molecular flexibility index (Phi) is 5.98. The molecule has 3 aromatic rings. The summed E-state index contributed by atoms with van der Waals surface area (Å²) in [5.74, 6) is -1.22. The van der Waals surface area contributed by atoms with Crippen molar-refractivity contribution >= 4 is 34.9 Å². The molecule has 3 rings (SSSR count). The van der Waals surface area contributed by atoms with Gasteiger partial charge in [-0.2, -0.15) is 5.10 Å². The number of benzene rings is 2. The first-order valence-corrected chi connectivity index (χ1v) is 8.93. The molecular formula is C19H15ClN4O6. The Balaban J connectivity index is 1.82. The molecule has 0 spiro atoms. The number of nitrogens with one attached hydrogen (secondary N) is 1. The molecule has 11 heteroatoms. The van der Waals surface area contributed by atoms with Crippen LogP contribution in [0.2, 0.25) is 5.02 Å². The van der Waals surface area contributed by atoms with Crippen LogP contribution < -0.4 is 10.1 Å². The van der Waals surface area contributed by atoms with Gasteiger partial charge in [-0.25, -0.2) is 4.79 Å². The molecule has 1 atom stereocenters. The van der Waals surface area contributed by atoms with Crippen LogP contribution in [0.5, 0.6) is 11.5 Å². The summed E-state index contributed by atoms with van der Waals surface area (Å²) in [6, 6.07) is 10.6. The fourth-order valence-corrected chi connectivity index (χ4v) is 2.62. The summed E-state index contributed by atoms with van der Waals surface area (Å²) in [7, 11) is 0. The number of amides is 1. The number of carbonyl (C=O) groups excluding carboxylic acids is 1. The summed E-state index contributed by atoms with van der Waals surface area (Å²) in [5, 5.41) is 27.1. The van der Waals surface area contributed by atoms with Crippen LogP contribution >= 0.6 is 11.6 Å². The number of carboxylic acid groups (broad SMARTS) is 1. The number of nitro benzene ring substituents is 1. The minimum Gasteiger partial charge on any atom is -0.476 e. The maximum atomic E-state index is 12.5. The first kappa shape index (κ1) is 20.8. The van der Waals surface area contributed by atoms with Crippen LogP contribution in [0.15, 0.2) is 54.7 Å². The molecule has 0 aliphatic rings.